The van der Waals surface area contributed by atoms with Crippen LogP contribution in [0.3, 0.4) is 0 Å². The summed E-state index contributed by atoms with van der Waals surface area (Å²) in [7, 11) is 0. The van der Waals surface area contributed by atoms with Crippen molar-refractivity contribution in [3.05, 3.63) is 52.6 Å². The number of H-pyrrole nitrogens is 1. The Kier molecular flexibility index (Phi) is 3.53. The molecule has 1 aliphatic heterocycles. The molecular weight excluding hydrogens is 326 g/mol. The minimum atomic E-state index is -0.474. The summed E-state index contributed by atoms with van der Waals surface area (Å²) in [6.45, 7) is 0.0784. The molecule has 9 heteroatoms. The molecule has 0 saturated carbocycles. The highest BCUT2D eigenvalue weighted by Gasteiger charge is 2.32. The summed E-state index contributed by atoms with van der Waals surface area (Å²) in [5.74, 6) is 0.460. The van der Waals surface area contributed by atoms with E-state index in [-0.39, 0.29) is 42.9 Å². The van der Waals surface area contributed by atoms with E-state index < -0.39 is 5.56 Å². The SMILES string of the molecule is O=C1CCC(=O)N1c1cc(=O)[nH]c2nc(COc3ccccc3)nn12. The molecule has 1 fully saturated rings. The lowest BCUT2D eigenvalue weighted by molar-refractivity contribution is -0.121. The minimum Gasteiger partial charge on any atom is -0.486 e. The van der Waals surface area contributed by atoms with Gasteiger partial charge in [0.05, 0.1) is 0 Å². The number of anilines is 1. The van der Waals surface area contributed by atoms with Crippen LogP contribution in [0.1, 0.15) is 18.7 Å². The molecule has 0 unspecified atom stereocenters. The molecule has 3 heterocycles. The monoisotopic (exact) mass is 339 g/mol. The molecule has 0 spiro atoms. The molecule has 1 N–H and O–H groups in total. The number of ether oxygens (including phenoxy) is 1. The number of nitrogens with zero attached hydrogens (tertiary/aromatic N) is 4. The maximum atomic E-state index is 12.0. The van der Waals surface area contributed by atoms with Gasteiger partial charge < -0.3 is 4.74 Å². The van der Waals surface area contributed by atoms with Crippen LogP contribution in [0.25, 0.3) is 5.78 Å². The number of imide groups is 1. The van der Waals surface area contributed by atoms with E-state index in [0.29, 0.717) is 11.6 Å². The maximum absolute atomic E-state index is 12.0. The van der Waals surface area contributed by atoms with Crippen LogP contribution >= 0.6 is 0 Å². The Bertz CT molecular complexity index is 1010. The van der Waals surface area contributed by atoms with E-state index in [1.807, 2.05) is 18.2 Å². The number of rotatable bonds is 4. The molecule has 4 rings (SSSR count). The number of amides is 2. The van der Waals surface area contributed by atoms with Crippen LogP contribution in [-0.2, 0) is 16.2 Å². The molecular formula is C16H13N5O4. The molecule has 0 radical (unpaired) electrons. The number of nitrogens with one attached hydrogen (secondary N) is 1. The summed E-state index contributed by atoms with van der Waals surface area (Å²) in [5, 5.41) is 4.25. The fourth-order valence-corrected chi connectivity index (χ4v) is 2.64. The Morgan fingerprint density at radius 1 is 1.08 bits per heavy atom. The lowest BCUT2D eigenvalue weighted by Crippen LogP contribution is -2.32. The average Bonchev–Trinajstić information content (AvgIpc) is 3.16. The van der Waals surface area contributed by atoms with Crippen molar-refractivity contribution in [1.29, 1.82) is 0 Å². The van der Waals surface area contributed by atoms with Gasteiger partial charge in [-0.3, -0.25) is 19.4 Å². The number of carbonyl (C=O) groups excluding carboxylic acids is 2. The Hall–Kier alpha value is -3.49. The summed E-state index contributed by atoms with van der Waals surface area (Å²) in [6, 6.07) is 10.3. The summed E-state index contributed by atoms with van der Waals surface area (Å²) in [5.41, 5.74) is -0.474. The van der Waals surface area contributed by atoms with Crippen molar-refractivity contribution in [3.63, 3.8) is 0 Å². The Labute approximate surface area is 140 Å². The lowest BCUT2D eigenvalue weighted by Gasteiger charge is -2.13. The number of carbonyl (C=O) groups is 2. The number of aromatic nitrogens is 4. The highest BCUT2D eigenvalue weighted by Crippen LogP contribution is 2.21. The van der Waals surface area contributed by atoms with Crippen LogP contribution in [0.5, 0.6) is 5.75 Å². The number of hydrogen-bond donors (Lipinski definition) is 1. The van der Waals surface area contributed by atoms with Crippen molar-refractivity contribution < 1.29 is 14.3 Å². The quantitative estimate of drug-likeness (QED) is 0.699. The molecule has 126 valence electrons. The van der Waals surface area contributed by atoms with Crippen LogP contribution < -0.4 is 15.2 Å². The first kappa shape index (κ1) is 15.1. The van der Waals surface area contributed by atoms with E-state index >= 15 is 0 Å². The highest BCUT2D eigenvalue weighted by molar-refractivity contribution is 6.19. The molecule has 1 aliphatic rings. The second-order valence-electron chi connectivity index (χ2n) is 5.48. The van der Waals surface area contributed by atoms with Crippen LogP contribution in [-0.4, -0.2) is 31.4 Å². The smallest absolute Gasteiger partial charge is 0.254 e. The number of hydrogen-bond acceptors (Lipinski definition) is 6. The third-order valence-corrected chi connectivity index (χ3v) is 3.75. The fraction of sp³-hybridized carbons (Fsp3) is 0.188. The summed E-state index contributed by atoms with van der Waals surface area (Å²) in [6.07, 6.45) is 0.234. The molecule has 9 nitrogen and oxygen atoms in total. The first-order valence-electron chi connectivity index (χ1n) is 7.64. The molecule has 0 bridgehead atoms. The van der Waals surface area contributed by atoms with E-state index in [0.717, 1.165) is 11.0 Å². The first-order valence-corrected chi connectivity index (χ1v) is 7.64. The van der Waals surface area contributed by atoms with Gasteiger partial charge in [-0.15, -0.1) is 5.10 Å². The molecule has 1 saturated heterocycles. The zero-order chi connectivity index (χ0) is 17.4. The fourth-order valence-electron chi connectivity index (χ4n) is 2.64. The third-order valence-electron chi connectivity index (χ3n) is 3.75. The van der Waals surface area contributed by atoms with Crippen LogP contribution in [0.4, 0.5) is 5.82 Å². The Morgan fingerprint density at radius 3 is 2.52 bits per heavy atom. The maximum Gasteiger partial charge on any atom is 0.254 e. The topological polar surface area (TPSA) is 110 Å². The predicted octanol–water partition coefficient (Wildman–Crippen LogP) is 0.650. The van der Waals surface area contributed by atoms with Crippen LogP contribution in [0.2, 0.25) is 0 Å². The van der Waals surface area contributed by atoms with Gasteiger partial charge in [0.25, 0.3) is 5.56 Å². The van der Waals surface area contributed by atoms with E-state index in [2.05, 4.69) is 15.1 Å². The largest absolute Gasteiger partial charge is 0.486 e. The van der Waals surface area contributed by atoms with Crippen molar-refractivity contribution >= 4 is 23.4 Å². The Morgan fingerprint density at radius 2 is 1.80 bits per heavy atom. The van der Waals surface area contributed by atoms with E-state index in [1.54, 1.807) is 12.1 Å². The van der Waals surface area contributed by atoms with Crippen LogP contribution in [0, 0.1) is 0 Å². The first-order chi connectivity index (χ1) is 12.1. The molecule has 0 atom stereocenters. The van der Waals surface area contributed by atoms with Gasteiger partial charge in [0.1, 0.15) is 12.4 Å². The molecule has 1 aromatic carbocycles. The number of fused-ring (bicyclic) bond motifs is 1. The minimum absolute atomic E-state index is 0.0784. The normalized spacial score (nSPS) is 14.5. The van der Waals surface area contributed by atoms with Crippen molar-refractivity contribution in [2.45, 2.75) is 19.4 Å². The summed E-state index contributed by atoms with van der Waals surface area (Å²) in [4.78, 5) is 43.5. The molecule has 2 aromatic heterocycles. The zero-order valence-electron chi connectivity index (χ0n) is 13.0. The Balaban J connectivity index is 1.70. The number of para-hydroxylation sites is 1. The number of aromatic amines is 1. The average molecular weight is 339 g/mol. The van der Waals surface area contributed by atoms with Gasteiger partial charge in [-0.25, -0.2) is 4.90 Å². The van der Waals surface area contributed by atoms with E-state index in [1.165, 1.54) is 4.52 Å². The standard InChI is InChI=1S/C16H13N5O4/c22-12-8-13(20-14(23)6-7-15(20)24)21-16(18-12)17-11(19-21)9-25-10-4-2-1-3-5-10/h1-5,8H,6-7,9H2,(H,17,18,19,22). The highest BCUT2D eigenvalue weighted by atomic mass is 16.5. The summed E-state index contributed by atoms with van der Waals surface area (Å²) >= 11 is 0. The van der Waals surface area contributed by atoms with E-state index in [4.69, 9.17) is 4.74 Å². The zero-order valence-corrected chi connectivity index (χ0v) is 13.0. The third kappa shape index (κ3) is 2.75. The van der Waals surface area contributed by atoms with Gasteiger partial charge in [-0.2, -0.15) is 9.50 Å². The second kappa shape index (κ2) is 5.86. The molecule has 0 aliphatic carbocycles. The lowest BCUT2D eigenvalue weighted by atomic mass is 10.3. The predicted molar refractivity (Wildman–Crippen MR) is 86.1 cm³/mol. The summed E-state index contributed by atoms with van der Waals surface area (Å²) < 4.78 is 6.85. The molecule has 25 heavy (non-hydrogen) atoms. The van der Waals surface area contributed by atoms with Crippen molar-refractivity contribution in [3.8, 4) is 5.75 Å². The van der Waals surface area contributed by atoms with Crippen molar-refractivity contribution in [1.82, 2.24) is 19.6 Å². The van der Waals surface area contributed by atoms with Gasteiger partial charge in [-0.05, 0) is 12.1 Å². The van der Waals surface area contributed by atoms with Gasteiger partial charge in [-0.1, -0.05) is 18.2 Å². The second-order valence-corrected chi connectivity index (χ2v) is 5.48. The van der Waals surface area contributed by atoms with Crippen molar-refractivity contribution in [2.24, 2.45) is 0 Å². The van der Waals surface area contributed by atoms with E-state index in [9.17, 15) is 14.4 Å². The van der Waals surface area contributed by atoms with Gasteiger partial charge in [0, 0.05) is 18.9 Å². The molecule has 2 amide bonds. The van der Waals surface area contributed by atoms with Crippen molar-refractivity contribution in [2.75, 3.05) is 4.90 Å². The van der Waals surface area contributed by atoms with Gasteiger partial charge in [0.15, 0.2) is 11.6 Å². The molecule has 3 aromatic rings. The van der Waals surface area contributed by atoms with Crippen LogP contribution in [0.15, 0.2) is 41.2 Å². The number of benzene rings is 1. The van der Waals surface area contributed by atoms with Gasteiger partial charge in [0.2, 0.25) is 17.6 Å². The van der Waals surface area contributed by atoms with Gasteiger partial charge >= 0.3 is 0 Å².